The molecule has 0 aliphatic heterocycles. The molecule has 0 aliphatic rings. The Balaban J connectivity index is 3.26. The topological polar surface area (TPSA) is 59.6 Å². The van der Waals surface area contributed by atoms with Crippen LogP contribution in [0.4, 0.5) is 4.79 Å². The van der Waals surface area contributed by atoms with Gasteiger partial charge >= 0.3 is 6.09 Å². The summed E-state index contributed by atoms with van der Waals surface area (Å²) in [6.07, 6.45) is -0.364. The maximum atomic E-state index is 10.9. The Morgan fingerprint density at radius 1 is 1.27 bits per heavy atom. The van der Waals surface area contributed by atoms with Crippen LogP contribution in [0.3, 0.4) is 0 Å². The van der Waals surface area contributed by atoms with Crippen LogP contribution in [0.25, 0.3) is 0 Å². The van der Waals surface area contributed by atoms with Gasteiger partial charge in [-0.05, 0) is 20.8 Å². The van der Waals surface area contributed by atoms with Crippen molar-refractivity contribution in [2.24, 2.45) is 0 Å². The molecule has 1 atom stereocenters. The van der Waals surface area contributed by atoms with E-state index in [1.807, 2.05) is 13.8 Å². The molecule has 0 rings (SSSR count). The molecular formula is C10H22N2O3. The fourth-order valence-electron chi connectivity index (χ4n) is 1.02. The molecule has 0 fully saturated rings. The maximum Gasteiger partial charge on any atom is 0.407 e. The molecule has 5 nitrogen and oxygen atoms in total. The lowest BCUT2D eigenvalue weighted by Gasteiger charge is -2.13. The molecular weight excluding hydrogens is 196 g/mol. The van der Waals surface area contributed by atoms with Gasteiger partial charge in [0.25, 0.3) is 0 Å². The SMILES string of the molecule is CCOCC(C)NCCNC(=O)OCC. The molecule has 0 aromatic rings. The third kappa shape index (κ3) is 9.49. The Morgan fingerprint density at radius 2 is 2.00 bits per heavy atom. The molecule has 0 aliphatic carbocycles. The minimum Gasteiger partial charge on any atom is -0.450 e. The first-order valence-corrected chi connectivity index (χ1v) is 5.42. The van der Waals surface area contributed by atoms with E-state index in [4.69, 9.17) is 9.47 Å². The van der Waals surface area contributed by atoms with Crippen LogP contribution >= 0.6 is 0 Å². The molecule has 0 spiro atoms. The summed E-state index contributed by atoms with van der Waals surface area (Å²) in [7, 11) is 0. The number of carbonyl (C=O) groups is 1. The minimum atomic E-state index is -0.364. The van der Waals surface area contributed by atoms with E-state index >= 15 is 0 Å². The van der Waals surface area contributed by atoms with Gasteiger partial charge in [0.2, 0.25) is 0 Å². The molecule has 5 heteroatoms. The average molecular weight is 218 g/mol. The van der Waals surface area contributed by atoms with E-state index in [0.29, 0.717) is 32.3 Å². The number of hydrogen-bond donors (Lipinski definition) is 2. The summed E-state index contributed by atoms with van der Waals surface area (Å²) in [5.74, 6) is 0. The zero-order valence-corrected chi connectivity index (χ0v) is 9.84. The summed E-state index contributed by atoms with van der Waals surface area (Å²) in [5.41, 5.74) is 0. The molecule has 0 saturated carbocycles. The van der Waals surface area contributed by atoms with Gasteiger partial charge in [0.15, 0.2) is 0 Å². The molecule has 2 N–H and O–H groups in total. The van der Waals surface area contributed by atoms with Crippen LogP contribution in [-0.2, 0) is 9.47 Å². The molecule has 0 bridgehead atoms. The van der Waals surface area contributed by atoms with Gasteiger partial charge in [-0.1, -0.05) is 0 Å². The van der Waals surface area contributed by atoms with Crippen molar-refractivity contribution in [2.75, 3.05) is 32.9 Å². The second-order valence-corrected chi connectivity index (χ2v) is 3.16. The summed E-state index contributed by atoms with van der Waals surface area (Å²) >= 11 is 0. The Hall–Kier alpha value is -0.810. The van der Waals surface area contributed by atoms with Gasteiger partial charge in [0, 0.05) is 25.7 Å². The highest BCUT2D eigenvalue weighted by Gasteiger charge is 2.01. The number of amides is 1. The first kappa shape index (κ1) is 14.2. The molecule has 1 unspecified atom stereocenters. The van der Waals surface area contributed by atoms with Gasteiger partial charge in [-0.15, -0.1) is 0 Å². The predicted molar refractivity (Wildman–Crippen MR) is 59.0 cm³/mol. The first-order valence-electron chi connectivity index (χ1n) is 5.42. The monoisotopic (exact) mass is 218 g/mol. The van der Waals surface area contributed by atoms with Crippen molar-refractivity contribution in [3.8, 4) is 0 Å². The molecule has 1 amide bonds. The second kappa shape index (κ2) is 9.73. The number of ether oxygens (including phenoxy) is 2. The Bertz CT molecular complexity index is 165. The average Bonchev–Trinajstić information content (AvgIpc) is 2.22. The molecule has 0 aromatic heterocycles. The molecule has 0 radical (unpaired) electrons. The highest BCUT2D eigenvalue weighted by Crippen LogP contribution is 1.83. The van der Waals surface area contributed by atoms with Crippen LogP contribution in [0, 0.1) is 0 Å². The largest absolute Gasteiger partial charge is 0.450 e. The third-order valence-corrected chi connectivity index (χ3v) is 1.73. The van der Waals surface area contributed by atoms with Gasteiger partial charge in [-0.25, -0.2) is 4.79 Å². The van der Waals surface area contributed by atoms with E-state index in [1.165, 1.54) is 0 Å². The predicted octanol–water partition coefficient (Wildman–Crippen LogP) is 0.747. The Kier molecular flexibility index (Phi) is 9.21. The van der Waals surface area contributed by atoms with Crippen LogP contribution in [0.2, 0.25) is 0 Å². The fourth-order valence-corrected chi connectivity index (χ4v) is 1.02. The number of carbonyl (C=O) groups excluding carboxylic acids is 1. The van der Waals surface area contributed by atoms with Gasteiger partial charge in [0.1, 0.15) is 0 Å². The van der Waals surface area contributed by atoms with Gasteiger partial charge < -0.3 is 20.1 Å². The standard InChI is InChI=1S/C10H22N2O3/c1-4-14-8-9(3)11-6-7-12-10(13)15-5-2/h9,11H,4-8H2,1-3H3,(H,12,13). The zero-order chi connectivity index (χ0) is 11.5. The van der Waals surface area contributed by atoms with Crippen LogP contribution in [0.5, 0.6) is 0 Å². The zero-order valence-electron chi connectivity index (χ0n) is 9.84. The van der Waals surface area contributed by atoms with Crippen molar-refractivity contribution >= 4 is 6.09 Å². The molecule has 90 valence electrons. The maximum absolute atomic E-state index is 10.9. The van der Waals surface area contributed by atoms with E-state index in [9.17, 15) is 4.79 Å². The number of rotatable bonds is 8. The highest BCUT2D eigenvalue weighted by atomic mass is 16.5. The second-order valence-electron chi connectivity index (χ2n) is 3.16. The number of nitrogens with one attached hydrogen (secondary N) is 2. The van der Waals surface area contributed by atoms with E-state index in [-0.39, 0.29) is 6.09 Å². The van der Waals surface area contributed by atoms with Gasteiger partial charge in [0.05, 0.1) is 13.2 Å². The lowest BCUT2D eigenvalue weighted by atomic mass is 10.3. The van der Waals surface area contributed by atoms with E-state index < -0.39 is 0 Å². The van der Waals surface area contributed by atoms with Crippen molar-refractivity contribution < 1.29 is 14.3 Å². The minimum absolute atomic E-state index is 0.300. The van der Waals surface area contributed by atoms with Crippen molar-refractivity contribution in [2.45, 2.75) is 26.8 Å². The smallest absolute Gasteiger partial charge is 0.407 e. The lowest BCUT2D eigenvalue weighted by molar-refractivity contribution is 0.127. The van der Waals surface area contributed by atoms with Crippen LogP contribution in [0.1, 0.15) is 20.8 Å². The normalized spacial score (nSPS) is 12.2. The van der Waals surface area contributed by atoms with Gasteiger partial charge in [-0.3, -0.25) is 0 Å². The van der Waals surface area contributed by atoms with Crippen LogP contribution in [-0.4, -0.2) is 45.0 Å². The molecule has 0 heterocycles. The Labute approximate surface area is 91.5 Å². The van der Waals surface area contributed by atoms with Crippen molar-refractivity contribution in [1.29, 1.82) is 0 Å². The molecule has 15 heavy (non-hydrogen) atoms. The van der Waals surface area contributed by atoms with Gasteiger partial charge in [-0.2, -0.15) is 0 Å². The number of hydrogen-bond acceptors (Lipinski definition) is 4. The van der Waals surface area contributed by atoms with E-state index in [1.54, 1.807) is 6.92 Å². The summed E-state index contributed by atoms with van der Waals surface area (Å²) < 4.78 is 9.95. The Morgan fingerprint density at radius 3 is 2.60 bits per heavy atom. The first-order chi connectivity index (χ1) is 7.20. The highest BCUT2D eigenvalue weighted by molar-refractivity contribution is 5.66. The van der Waals surface area contributed by atoms with Crippen LogP contribution < -0.4 is 10.6 Å². The molecule has 0 aromatic carbocycles. The van der Waals surface area contributed by atoms with Crippen LogP contribution in [0.15, 0.2) is 0 Å². The number of alkyl carbamates (subject to hydrolysis) is 1. The quantitative estimate of drug-likeness (QED) is 0.590. The van der Waals surface area contributed by atoms with E-state index in [2.05, 4.69) is 10.6 Å². The summed E-state index contributed by atoms with van der Waals surface area (Å²) in [4.78, 5) is 10.9. The summed E-state index contributed by atoms with van der Waals surface area (Å²) in [6, 6.07) is 0.300. The van der Waals surface area contributed by atoms with Crippen molar-refractivity contribution in [1.82, 2.24) is 10.6 Å². The summed E-state index contributed by atoms with van der Waals surface area (Å²) in [6.45, 7) is 8.89. The fraction of sp³-hybridized carbons (Fsp3) is 0.900. The van der Waals surface area contributed by atoms with Crippen molar-refractivity contribution in [3.63, 3.8) is 0 Å². The lowest BCUT2D eigenvalue weighted by Crippen LogP contribution is -2.37. The molecule has 0 saturated heterocycles. The summed E-state index contributed by atoms with van der Waals surface area (Å²) in [5, 5.41) is 5.85. The van der Waals surface area contributed by atoms with E-state index in [0.717, 1.165) is 6.61 Å². The van der Waals surface area contributed by atoms with Crippen molar-refractivity contribution in [3.05, 3.63) is 0 Å². The third-order valence-electron chi connectivity index (χ3n) is 1.73.